The molecule has 3 nitrogen and oxygen atoms in total. The van der Waals surface area contributed by atoms with Gasteiger partial charge in [-0.3, -0.25) is 4.79 Å². The van der Waals surface area contributed by atoms with E-state index >= 15 is 0 Å². The van der Waals surface area contributed by atoms with Crippen LogP contribution in [0, 0.1) is 11.7 Å². The van der Waals surface area contributed by atoms with Crippen molar-refractivity contribution in [3.8, 4) is 0 Å². The van der Waals surface area contributed by atoms with Gasteiger partial charge in [-0.15, -0.1) is 0 Å². The summed E-state index contributed by atoms with van der Waals surface area (Å²) in [7, 11) is 0. The van der Waals surface area contributed by atoms with Crippen molar-refractivity contribution in [2.45, 2.75) is 25.8 Å². The van der Waals surface area contributed by atoms with Crippen LogP contribution in [0.25, 0.3) is 0 Å². The van der Waals surface area contributed by atoms with Crippen molar-refractivity contribution in [3.63, 3.8) is 0 Å². The van der Waals surface area contributed by atoms with Crippen LogP contribution < -0.4 is 10.6 Å². The first-order valence-corrected chi connectivity index (χ1v) is 6.43. The van der Waals surface area contributed by atoms with E-state index in [1.807, 2.05) is 6.92 Å². The quantitative estimate of drug-likeness (QED) is 0.861. The Morgan fingerprint density at radius 1 is 1.44 bits per heavy atom. The molecule has 0 aliphatic carbocycles. The average molecular weight is 250 g/mol. The molecule has 98 valence electrons. The van der Waals surface area contributed by atoms with Gasteiger partial charge in [-0.25, -0.2) is 4.39 Å². The number of hydrogen-bond donors (Lipinski definition) is 2. The highest BCUT2D eigenvalue weighted by molar-refractivity contribution is 5.79. The maximum Gasteiger partial charge on any atom is 0.224 e. The molecule has 1 saturated heterocycles. The molecule has 0 radical (unpaired) electrons. The topological polar surface area (TPSA) is 41.1 Å². The molecule has 1 amide bonds. The normalized spacial score (nSPS) is 21.3. The lowest BCUT2D eigenvalue weighted by Crippen LogP contribution is -2.41. The third kappa shape index (κ3) is 3.29. The van der Waals surface area contributed by atoms with E-state index in [0.717, 1.165) is 31.5 Å². The molecular formula is C14H19FN2O. The van der Waals surface area contributed by atoms with Crippen molar-refractivity contribution in [1.82, 2.24) is 10.6 Å². The molecule has 18 heavy (non-hydrogen) atoms. The number of carbonyl (C=O) groups excluding carboxylic acids is 1. The number of amides is 1. The summed E-state index contributed by atoms with van der Waals surface area (Å²) in [6.07, 6.45) is 1.98. The predicted octanol–water partition coefficient (Wildman–Crippen LogP) is 2.00. The van der Waals surface area contributed by atoms with E-state index in [1.165, 1.54) is 12.1 Å². The van der Waals surface area contributed by atoms with Crippen LogP contribution in [0.15, 0.2) is 24.3 Å². The van der Waals surface area contributed by atoms with Crippen molar-refractivity contribution in [1.29, 1.82) is 0 Å². The Labute approximate surface area is 107 Å². The number of piperidine rings is 1. The summed E-state index contributed by atoms with van der Waals surface area (Å²) in [5.41, 5.74) is 0.925. The highest BCUT2D eigenvalue weighted by atomic mass is 19.1. The first kappa shape index (κ1) is 13.0. The maximum absolute atomic E-state index is 12.8. The molecule has 1 aliphatic heterocycles. The Kier molecular flexibility index (Phi) is 4.31. The smallest absolute Gasteiger partial charge is 0.224 e. The van der Waals surface area contributed by atoms with Crippen molar-refractivity contribution in [2.24, 2.45) is 5.92 Å². The molecule has 0 spiro atoms. The summed E-state index contributed by atoms with van der Waals surface area (Å²) in [6, 6.07) is 6.17. The largest absolute Gasteiger partial charge is 0.349 e. The number of nitrogens with one attached hydrogen (secondary N) is 2. The minimum absolute atomic E-state index is 0.0571. The summed E-state index contributed by atoms with van der Waals surface area (Å²) in [4.78, 5) is 12.0. The molecular weight excluding hydrogens is 231 g/mol. The van der Waals surface area contributed by atoms with E-state index in [-0.39, 0.29) is 23.7 Å². The molecule has 1 aliphatic rings. The fourth-order valence-corrected chi connectivity index (χ4v) is 2.24. The lowest BCUT2D eigenvalue weighted by molar-refractivity contribution is -0.126. The summed E-state index contributed by atoms with van der Waals surface area (Å²) in [5.74, 6) is -0.116. The number of halogens is 1. The Balaban J connectivity index is 1.91. The molecule has 1 heterocycles. The molecule has 0 aromatic heterocycles. The van der Waals surface area contributed by atoms with Crippen molar-refractivity contribution in [3.05, 3.63) is 35.6 Å². The van der Waals surface area contributed by atoms with Crippen LogP contribution in [0.2, 0.25) is 0 Å². The van der Waals surface area contributed by atoms with Gasteiger partial charge in [0.15, 0.2) is 0 Å². The standard InChI is InChI=1S/C14H19FN2O/c1-10(11-4-6-13(15)7-5-11)17-14(18)12-3-2-8-16-9-12/h4-7,10,12,16H,2-3,8-9H2,1H3,(H,17,18)/t10-,12-/m1/s1. The molecule has 4 heteroatoms. The first-order valence-electron chi connectivity index (χ1n) is 6.43. The van der Waals surface area contributed by atoms with Gasteiger partial charge in [-0.1, -0.05) is 12.1 Å². The molecule has 2 atom stereocenters. The number of rotatable bonds is 3. The van der Waals surface area contributed by atoms with Gasteiger partial charge in [0.05, 0.1) is 12.0 Å². The van der Waals surface area contributed by atoms with Gasteiger partial charge in [0.1, 0.15) is 5.82 Å². The van der Waals surface area contributed by atoms with Crippen LogP contribution in [0.5, 0.6) is 0 Å². The summed E-state index contributed by atoms with van der Waals surface area (Å²) >= 11 is 0. The fraction of sp³-hybridized carbons (Fsp3) is 0.500. The van der Waals surface area contributed by atoms with Crippen molar-refractivity contribution in [2.75, 3.05) is 13.1 Å². The minimum atomic E-state index is -0.256. The Hall–Kier alpha value is -1.42. The van der Waals surface area contributed by atoms with Crippen LogP contribution >= 0.6 is 0 Å². The molecule has 2 N–H and O–H groups in total. The third-order valence-electron chi connectivity index (χ3n) is 3.40. The lowest BCUT2D eigenvalue weighted by Gasteiger charge is -2.24. The molecule has 1 fully saturated rings. The molecule has 0 saturated carbocycles. The van der Waals surface area contributed by atoms with Crippen molar-refractivity contribution >= 4 is 5.91 Å². The van der Waals surface area contributed by atoms with Gasteiger partial charge in [-0.2, -0.15) is 0 Å². The predicted molar refractivity (Wildman–Crippen MR) is 68.6 cm³/mol. The second kappa shape index (κ2) is 5.96. The van der Waals surface area contributed by atoms with Gasteiger partial charge in [0.2, 0.25) is 5.91 Å². The SMILES string of the molecule is C[C@@H](NC(=O)[C@@H]1CCCNC1)c1ccc(F)cc1. The van der Waals surface area contributed by atoms with E-state index < -0.39 is 0 Å². The first-order chi connectivity index (χ1) is 8.66. The zero-order valence-corrected chi connectivity index (χ0v) is 10.6. The maximum atomic E-state index is 12.8. The summed E-state index contributed by atoms with van der Waals surface area (Å²) in [6.45, 7) is 3.67. The second-order valence-corrected chi connectivity index (χ2v) is 4.83. The Morgan fingerprint density at radius 2 is 2.17 bits per heavy atom. The highest BCUT2D eigenvalue weighted by Crippen LogP contribution is 2.16. The third-order valence-corrected chi connectivity index (χ3v) is 3.40. The summed E-state index contributed by atoms with van der Waals surface area (Å²) < 4.78 is 12.8. The van der Waals surface area contributed by atoms with Gasteiger partial charge in [-0.05, 0) is 44.0 Å². The van der Waals surface area contributed by atoms with E-state index in [1.54, 1.807) is 12.1 Å². The zero-order valence-electron chi connectivity index (χ0n) is 10.6. The van der Waals surface area contributed by atoms with Crippen LogP contribution in [0.4, 0.5) is 4.39 Å². The van der Waals surface area contributed by atoms with Crippen LogP contribution in [-0.2, 0) is 4.79 Å². The second-order valence-electron chi connectivity index (χ2n) is 4.83. The number of hydrogen-bond acceptors (Lipinski definition) is 2. The number of carbonyl (C=O) groups is 1. The highest BCUT2D eigenvalue weighted by Gasteiger charge is 2.22. The van der Waals surface area contributed by atoms with Gasteiger partial charge >= 0.3 is 0 Å². The Bertz CT molecular complexity index is 399. The van der Waals surface area contributed by atoms with Gasteiger partial charge < -0.3 is 10.6 Å². The average Bonchev–Trinajstić information content (AvgIpc) is 2.40. The fourth-order valence-electron chi connectivity index (χ4n) is 2.24. The molecule has 1 aromatic carbocycles. The van der Waals surface area contributed by atoms with Gasteiger partial charge in [0.25, 0.3) is 0 Å². The molecule has 0 bridgehead atoms. The summed E-state index contributed by atoms with van der Waals surface area (Å²) in [5, 5.41) is 6.21. The van der Waals surface area contributed by atoms with E-state index in [4.69, 9.17) is 0 Å². The van der Waals surface area contributed by atoms with E-state index in [2.05, 4.69) is 10.6 Å². The van der Waals surface area contributed by atoms with Gasteiger partial charge in [0, 0.05) is 6.54 Å². The molecule has 2 rings (SSSR count). The van der Waals surface area contributed by atoms with Crippen molar-refractivity contribution < 1.29 is 9.18 Å². The molecule has 1 aromatic rings. The van der Waals surface area contributed by atoms with E-state index in [0.29, 0.717) is 0 Å². The monoisotopic (exact) mass is 250 g/mol. The van der Waals surface area contributed by atoms with E-state index in [9.17, 15) is 9.18 Å². The minimum Gasteiger partial charge on any atom is -0.349 e. The lowest BCUT2D eigenvalue weighted by atomic mass is 9.98. The van der Waals surface area contributed by atoms with Crippen LogP contribution in [0.3, 0.4) is 0 Å². The Morgan fingerprint density at radius 3 is 2.78 bits per heavy atom. The molecule has 0 unspecified atom stereocenters. The van der Waals surface area contributed by atoms with Crippen LogP contribution in [-0.4, -0.2) is 19.0 Å². The van der Waals surface area contributed by atoms with Crippen LogP contribution in [0.1, 0.15) is 31.4 Å². The number of benzene rings is 1. The zero-order chi connectivity index (χ0) is 13.0.